The molecule has 9 aromatic rings. The number of benzene rings is 1. The van der Waals surface area contributed by atoms with E-state index in [2.05, 4.69) is 46.5 Å². The van der Waals surface area contributed by atoms with Gasteiger partial charge in [-0.15, -0.1) is 68.4 Å². The number of nitrogens with one attached hydrogen (secondary N) is 5. The van der Waals surface area contributed by atoms with Crippen LogP contribution in [0.5, 0.6) is 5.75 Å². The van der Waals surface area contributed by atoms with E-state index in [1.807, 2.05) is 0 Å². The van der Waals surface area contributed by atoms with E-state index in [4.69, 9.17) is 53.8 Å². The molecule has 108 heavy (non-hydrogen) atoms. The second kappa shape index (κ2) is 31.8. The minimum atomic E-state index is -1.93. The van der Waals surface area contributed by atoms with Gasteiger partial charge in [0.05, 0.1) is 56.0 Å². The van der Waals surface area contributed by atoms with Gasteiger partial charge in [-0.1, -0.05) is 12.1 Å². The maximum atomic E-state index is 15.2. The highest BCUT2D eigenvalue weighted by Crippen LogP contribution is 2.43. The zero-order chi connectivity index (χ0) is 76.7. The Balaban J connectivity index is 0.948. The fourth-order valence-corrected chi connectivity index (χ4v) is 18.3. The number of fused-ring (bicyclic) bond motifs is 15. The number of amides is 6. The highest BCUT2D eigenvalue weighted by atomic mass is 32.2. The summed E-state index contributed by atoms with van der Waals surface area (Å²) in [5, 5.41) is 66.7. The summed E-state index contributed by atoms with van der Waals surface area (Å²) in [6.07, 6.45) is -2.70. The van der Waals surface area contributed by atoms with Crippen molar-refractivity contribution in [2.24, 2.45) is 5.73 Å². The molecule has 0 spiro atoms. The average molecular weight is 1600 g/mol. The number of ether oxygens (including phenoxy) is 7. The first-order valence-electron chi connectivity index (χ1n) is 33.1. The number of hydrogen-bond acceptors (Lipinski definition) is 33. The zero-order valence-corrected chi connectivity index (χ0v) is 63.3. The fourth-order valence-electron chi connectivity index (χ4n) is 13.0. The molecule has 12 atom stereocenters. The Hall–Kier alpha value is -9.76. The van der Waals surface area contributed by atoms with Crippen LogP contribution in [0.25, 0.3) is 49.3 Å². The monoisotopic (exact) mass is 1590 g/mol. The van der Waals surface area contributed by atoms with Gasteiger partial charge in [0.1, 0.15) is 120 Å². The largest absolute Gasteiger partial charge is 0.506 e. The number of thioether (sulfide) groups is 1. The van der Waals surface area contributed by atoms with E-state index in [9.17, 15) is 39.7 Å². The molecule has 12 bridgehead atoms. The van der Waals surface area contributed by atoms with Crippen molar-refractivity contribution in [2.75, 3.05) is 41.5 Å². The van der Waals surface area contributed by atoms with E-state index in [1.54, 1.807) is 68.3 Å². The number of nitrogens with zero attached hydrogens (tertiary/aromatic N) is 10. The molecular formula is C67H70N16O19S6. The molecule has 11 N–H and O–H groups in total. The van der Waals surface area contributed by atoms with Crippen LogP contribution >= 0.6 is 68.4 Å². The Morgan fingerprint density at radius 3 is 2.28 bits per heavy atom. The Morgan fingerprint density at radius 1 is 0.870 bits per heavy atom. The van der Waals surface area contributed by atoms with Crippen LogP contribution in [0.3, 0.4) is 0 Å². The first-order valence-corrected chi connectivity index (χ1v) is 38.4. The van der Waals surface area contributed by atoms with Crippen LogP contribution in [0.4, 0.5) is 0 Å². The predicted octanol–water partition coefficient (Wildman–Crippen LogP) is 4.35. The lowest BCUT2D eigenvalue weighted by molar-refractivity contribution is -0.280. The molecule has 4 aliphatic rings. The van der Waals surface area contributed by atoms with E-state index in [0.29, 0.717) is 16.8 Å². The predicted molar refractivity (Wildman–Crippen MR) is 390 cm³/mol. The summed E-state index contributed by atoms with van der Waals surface area (Å²) < 4.78 is 45.5. The summed E-state index contributed by atoms with van der Waals surface area (Å²) in [5.74, 6) is -8.12. The van der Waals surface area contributed by atoms with Crippen molar-refractivity contribution in [1.29, 1.82) is 0 Å². The van der Waals surface area contributed by atoms with Crippen molar-refractivity contribution in [3.05, 3.63) is 130 Å². The number of aromatic hydroxyl groups is 1. The van der Waals surface area contributed by atoms with Gasteiger partial charge in [-0.2, -0.15) is 4.73 Å². The van der Waals surface area contributed by atoms with Gasteiger partial charge < -0.3 is 95.5 Å². The molecule has 8 aromatic heterocycles. The number of pyridine rings is 1. The fraction of sp³-hybridized carbons (Fsp3) is 0.388. The molecule has 35 nitrogen and oxygen atoms in total. The number of esters is 2. The van der Waals surface area contributed by atoms with Crippen LogP contribution in [0.2, 0.25) is 0 Å². The number of aromatic nitrogens is 9. The number of allylic oxidation sites excluding steroid dienone is 1. The van der Waals surface area contributed by atoms with Crippen LogP contribution in [0, 0.1) is 0 Å². The van der Waals surface area contributed by atoms with Crippen LogP contribution in [0.15, 0.2) is 75.6 Å². The number of likely N-dealkylation sites (N-methyl/N-ethyl adjacent to an activating group) is 1. The Morgan fingerprint density at radius 2 is 1.56 bits per heavy atom. The summed E-state index contributed by atoms with van der Waals surface area (Å²) in [5.41, 5.74) is 2.92. The number of rotatable bonds is 15. The lowest BCUT2D eigenvalue weighted by atomic mass is 9.85. The lowest BCUT2D eigenvalue weighted by Crippen LogP contribution is -2.62. The third kappa shape index (κ3) is 15.8. The van der Waals surface area contributed by atoms with Gasteiger partial charge in [-0.25, -0.2) is 44.5 Å². The van der Waals surface area contributed by atoms with Gasteiger partial charge in [0.15, 0.2) is 23.5 Å². The molecule has 13 rings (SSSR count). The summed E-state index contributed by atoms with van der Waals surface area (Å²) in [6.45, 7) is 4.74. The summed E-state index contributed by atoms with van der Waals surface area (Å²) in [7, 11) is 6.33. The van der Waals surface area contributed by atoms with Crippen molar-refractivity contribution in [2.45, 2.75) is 125 Å². The molecule has 0 saturated carbocycles. The molecule has 41 heteroatoms. The van der Waals surface area contributed by atoms with E-state index < -0.39 is 144 Å². The van der Waals surface area contributed by atoms with Crippen LogP contribution in [0.1, 0.15) is 125 Å². The molecule has 3 unspecified atom stereocenters. The standard InChI is InChI=1S/C67H70N16O19S6/c1-27(84)44-58(91)78-45(28(2)97-8)61-73-38(24-105-61)56(89)79-48-50-51(102-42-15-67(4,94)52(81(5)6)29(3)101-42)66(93)99-17-30-10-9-11-40-43(30)33(19-98-50)49(83(40)95)65(92)100-20-34(70-54(87)36-23-107-63(48)75-36)60-71-35(21-104-60)46-32(59-72-37(22-103-59)55(88)77-44)14-41(85)47(76-46)62-74-39(25-106-62)57(90)80-64(53(68)86)108-31(18-96-7)16-82-13-12-69-26-82/h9-14,21-27,29,31,34,42,44,48,50-52,64,84-85,94-95H,15-20H2,1-8H3,(H2,68,86)(H,70,87)(H,77,88)(H,78,91)(H,79,89)(H,80,90)/b45-28+/t27-,29+,31?,34+,42+,44?,48+,50+,51+,52-,64?,67+/m1/s1. The molecule has 1 fully saturated rings. The van der Waals surface area contributed by atoms with Crippen molar-refractivity contribution < 1.29 is 92.0 Å². The lowest BCUT2D eigenvalue weighted by Gasteiger charge is -2.48. The number of carbonyl (C=O) groups excluding carboxylic acids is 8. The van der Waals surface area contributed by atoms with Crippen LogP contribution < -0.4 is 32.3 Å². The molecule has 6 amide bonds. The topological polar surface area (TPSA) is 472 Å². The highest BCUT2D eigenvalue weighted by Gasteiger charge is 2.50. The second-order valence-electron chi connectivity index (χ2n) is 25.8. The number of primary amides is 1. The number of aliphatic hydroxyl groups is 2. The smallest absolute Gasteiger partial charge is 0.358 e. The quantitative estimate of drug-likeness (QED) is 0.0295. The Labute approximate surface area is 637 Å². The van der Waals surface area contributed by atoms with Gasteiger partial charge in [-0.05, 0) is 59.5 Å². The van der Waals surface area contributed by atoms with Crippen LogP contribution in [-0.4, -0.2) is 218 Å². The second-order valence-corrected chi connectivity index (χ2v) is 31.5. The van der Waals surface area contributed by atoms with Crippen molar-refractivity contribution >= 4 is 132 Å². The summed E-state index contributed by atoms with van der Waals surface area (Å²) in [6, 6.07) is 0.607. The molecule has 1 saturated heterocycles. The van der Waals surface area contributed by atoms with Gasteiger partial charge in [0.2, 0.25) is 5.91 Å². The van der Waals surface area contributed by atoms with Crippen molar-refractivity contribution in [3.8, 4) is 38.4 Å². The number of nitrogens with two attached hydrogens (primary N) is 1. The normalized spacial score (nSPS) is 23.5. The minimum Gasteiger partial charge on any atom is -0.506 e. The Bertz CT molecular complexity index is 4990. The van der Waals surface area contributed by atoms with Crippen molar-refractivity contribution in [3.63, 3.8) is 0 Å². The molecule has 1 aromatic carbocycles. The highest BCUT2D eigenvalue weighted by molar-refractivity contribution is 8.01. The minimum absolute atomic E-state index is 0.00574. The first-order chi connectivity index (χ1) is 51.7. The number of thiazole rings is 5. The third-order valence-corrected chi connectivity index (χ3v) is 23.7. The zero-order valence-electron chi connectivity index (χ0n) is 58.4. The molecule has 568 valence electrons. The van der Waals surface area contributed by atoms with Gasteiger partial charge in [0.25, 0.3) is 29.5 Å². The molecule has 0 radical (unpaired) electrons. The summed E-state index contributed by atoms with van der Waals surface area (Å²) >= 11 is 5.53. The maximum Gasteiger partial charge on any atom is 0.358 e. The summed E-state index contributed by atoms with van der Waals surface area (Å²) in [4.78, 5) is 151. The number of methoxy groups -OCH3 is 2. The number of cyclic esters (lactones) is 2. The first kappa shape index (κ1) is 76.4. The number of aliphatic hydroxyl groups excluding tert-OH is 1. The number of imidazole rings is 1. The van der Waals surface area contributed by atoms with E-state index in [-0.39, 0.29) is 117 Å². The van der Waals surface area contributed by atoms with Gasteiger partial charge in [-0.3, -0.25) is 28.8 Å². The van der Waals surface area contributed by atoms with Crippen molar-refractivity contribution in [1.82, 2.24) is 75.7 Å². The number of carbonyl (C=O) groups is 8. The molecular weight excluding hydrogens is 1530 g/mol. The van der Waals surface area contributed by atoms with E-state index in [0.717, 1.165) is 68.4 Å². The average Bonchev–Trinajstić information content (AvgIpc) is 1.74. The molecule has 4 aliphatic heterocycles. The Kier molecular flexibility index (Phi) is 22.5. The van der Waals surface area contributed by atoms with E-state index >= 15 is 19.2 Å². The van der Waals surface area contributed by atoms with Gasteiger partial charge >= 0.3 is 11.9 Å². The SMILES string of the molecule is COCC(Cn1ccnc1)SC(NC(=O)c1csc(-c2nc3c(cc2O)-c2nc(cs2)C(=O)NC([C@@H](C)O)C(=O)N/C(=C(\C)OC)c2nc(cs2)C(=O)N[C@@H]2c4nc(cs4)C(=O)N[C@@H](COC(=O)c4c5c6c(cccc6n4O)COC(=O)[C@@H](O[C@H]4C[C@](C)(O)[C@H](N(C)C)[C@H](C)O4)[C@H]2OC5)c2nc-3cs2)n1)C(N)=O. The van der Waals surface area contributed by atoms with Crippen LogP contribution in [-0.2, 0) is 67.3 Å². The molecule has 12 heterocycles. The third-order valence-electron chi connectivity index (χ3n) is 17.9. The number of hydrogen-bond donors (Lipinski definition) is 10. The molecule has 0 aliphatic carbocycles. The van der Waals surface area contributed by atoms with Gasteiger partial charge in [0, 0.05) is 81.1 Å². The maximum absolute atomic E-state index is 15.2. The van der Waals surface area contributed by atoms with E-state index in [1.165, 1.54) is 67.1 Å².